The van der Waals surface area contributed by atoms with Gasteiger partial charge in [-0.05, 0) is 18.4 Å². The quantitative estimate of drug-likeness (QED) is 0.609. The summed E-state index contributed by atoms with van der Waals surface area (Å²) in [6.07, 6.45) is 4.07. The maximum absolute atomic E-state index is 9.81. The third-order valence-corrected chi connectivity index (χ3v) is 2.86. The Labute approximate surface area is 94.3 Å². The monoisotopic (exact) mass is 256 g/mol. The van der Waals surface area contributed by atoms with Crippen molar-refractivity contribution in [2.75, 3.05) is 5.33 Å². The molecule has 0 aliphatic heterocycles. The average molecular weight is 257 g/mol. The van der Waals surface area contributed by atoms with Gasteiger partial charge in [-0.2, -0.15) is 0 Å². The Bertz CT molecular complexity index is 235. The molecule has 14 heavy (non-hydrogen) atoms. The molecule has 0 aliphatic carbocycles. The number of aliphatic hydroxyl groups is 1. The molecule has 0 spiro atoms. The maximum Gasteiger partial charge on any atom is 0.0790 e. The molecule has 1 aromatic rings. The van der Waals surface area contributed by atoms with E-state index < -0.39 is 0 Å². The summed E-state index contributed by atoms with van der Waals surface area (Å²) in [7, 11) is 0. The summed E-state index contributed by atoms with van der Waals surface area (Å²) in [5.74, 6) is 0. The van der Waals surface area contributed by atoms with Crippen molar-refractivity contribution in [2.45, 2.75) is 31.8 Å². The van der Waals surface area contributed by atoms with Gasteiger partial charge < -0.3 is 5.11 Å². The Hall–Kier alpha value is -0.340. The Kier molecular flexibility index (Phi) is 5.88. The molecule has 0 saturated carbocycles. The van der Waals surface area contributed by atoms with E-state index in [0.29, 0.717) is 0 Å². The van der Waals surface area contributed by atoms with E-state index in [0.717, 1.165) is 23.7 Å². The summed E-state index contributed by atoms with van der Waals surface area (Å²) >= 11 is 3.40. The first-order chi connectivity index (χ1) is 6.84. The topological polar surface area (TPSA) is 20.2 Å². The van der Waals surface area contributed by atoms with Crippen LogP contribution in [-0.2, 0) is 0 Å². The van der Waals surface area contributed by atoms with Gasteiger partial charge in [0.05, 0.1) is 6.10 Å². The van der Waals surface area contributed by atoms with Crippen molar-refractivity contribution in [1.29, 1.82) is 0 Å². The molecule has 0 amide bonds. The molecule has 1 aromatic carbocycles. The van der Waals surface area contributed by atoms with E-state index >= 15 is 0 Å². The Morgan fingerprint density at radius 1 is 1.07 bits per heavy atom. The van der Waals surface area contributed by atoms with Gasteiger partial charge in [-0.25, -0.2) is 0 Å². The highest BCUT2D eigenvalue weighted by Gasteiger charge is 2.05. The number of aliphatic hydroxyl groups excluding tert-OH is 1. The molecule has 0 heterocycles. The lowest BCUT2D eigenvalue weighted by molar-refractivity contribution is 0.163. The number of hydrogen-bond acceptors (Lipinski definition) is 1. The van der Waals surface area contributed by atoms with Crippen LogP contribution in [0.3, 0.4) is 0 Å². The van der Waals surface area contributed by atoms with E-state index in [4.69, 9.17) is 0 Å². The van der Waals surface area contributed by atoms with Crippen LogP contribution in [-0.4, -0.2) is 10.4 Å². The van der Waals surface area contributed by atoms with Crippen molar-refractivity contribution in [2.24, 2.45) is 0 Å². The second kappa shape index (κ2) is 7.02. The van der Waals surface area contributed by atoms with Gasteiger partial charge in [-0.15, -0.1) is 0 Å². The van der Waals surface area contributed by atoms with Crippen molar-refractivity contribution >= 4 is 15.9 Å². The van der Waals surface area contributed by atoms with E-state index in [9.17, 15) is 5.11 Å². The van der Waals surface area contributed by atoms with Crippen molar-refractivity contribution in [3.05, 3.63) is 35.9 Å². The third kappa shape index (κ3) is 4.25. The number of alkyl halides is 1. The summed E-state index contributed by atoms with van der Waals surface area (Å²) < 4.78 is 0. The van der Waals surface area contributed by atoms with Gasteiger partial charge in [-0.3, -0.25) is 0 Å². The minimum Gasteiger partial charge on any atom is -0.388 e. The molecule has 1 unspecified atom stereocenters. The van der Waals surface area contributed by atoms with Gasteiger partial charge in [-0.1, -0.05) is 59.1 Å². The second-order valence-electron chi connectivity index (χ2n) is 3.46. The molecule has 0 aliphatic rings. The van der Waals surface area contributed by atoms with Crippen LogP contribution in [0.25, 0.3) is 0 Å². The summed E-state index contributed by atoms with van der Waals surface area (Å²) in [6, 6.07) is 9.87. The van der Waals surface area contributed by atoms with Crippen LogP contribution >= 0.6 is 15.9 Å². The molecule has 78 valence electrons. The maximum atomic E-state index is 9.81. The van der Waals surface area contributed by atoms with Gasteiger partial charge in [0.2, 0.25) is 0 Å². The zero-order valence-electron chi connectivity index (χ0n) is 8.32. The predicted molar refractivity (Wildman–Crippen MR) is 63.7 cm³/mol. The van der Waals surface area contributed by atoms with E-state index in [1.807, 2.05) is 30.3 Å². The lowest BCUT2D eigenvalue weighted by Crippen LogP contribution is -1.96. The first-order valence-corrected chi connectivity index (χ1v) is 6.25. The minimum atomic E-state index is -0.286. The van der Waals surface area contributed by atoms with Crippen molar-refractivity contribution in [3.63, 3.8) is 0 Å². The largest absolute Gasteiger partial charge is 0.388 e. The number of unbranched alkanes of at least 4 members (excludes halogenated alkanes) is 2. The first-order valence-electron chi connectivity index (χ1n) is 5.13. The Morgan fingerprint density at radius 2 is 1.79 bits per heavy atom. The molecule has 0 saturated heterocycles. The fraction of sp³-hybridized carbons (Fsp3) is 0.500. The summed E-state index contributed by atoms with van der Waals surface area (Å²) in [5.41, 5.74) is 1.03. The first kappa shape index (κ1) is 11.7. The van der Waals surface area contributed by atoms with Crippen LogP contribution in [0, 0.1) is 0 Å². The summed E-state index contributed by atoms with van der Waals surface area (Å²) in [6.45, 7) is 0. The highest BCUT2D eigenvalue weighted by Crippen LogP contribution is 2.19. The van der Waals surface area contributed by atoms with Crippen LogP contribution in [0.5, 0.6) is 0 Å². The van der Waals surface area contributed by atoms with E-state index in [1.54, 1.807) is 0 Å². The van der Waals surface area contributed by atoms with Crippen LogP contribution in [0.2, 0.25) is 0 Å². The molecular formula is C12H17BrO. The van der Waals surface area contributed by atoms with Crippen molar-refractivity contribution in [3.8, 4) is 0 Å². The van der Waals surface area contributed by atoms with Gasteiger partial charge in [0.1, 0.15) is 0 Å². The summed E-state index contributed by atoms with van der Waals surface area (Å²) in [5, 5.41) is 10.9. The smallest absolute Gasteiger partial charge is 0.0790 e. The van der Waals surface area contributed by atoms with Crippen molar-refractivity contribution in [1.82, 2.24) is 0 Å². The van der Waals surface area contributed by atoms with Gasteiger partial charge >= 0.3 is 0 Å². The van der Waals surface area contributed by atoms with Gasteiger partial charge in [0.25, 0.3) is 0 Å². The van der Waals surface area contributed by atoms with E-state index in [1.165, 1.54) is 12.8 Å². The molecule has 0 aromatic heterocycles. The molecule has 1 nitrogen and oxygen atoms in total. The standard InChI is InChI=1S/C12H17BrO/c13-10-6-2-5-9-12(14)11-7-3-1-4-8-11/h1,3-4,7-8,12,14H,2,5-6,9-10H2. The molecular weight excluding hydrogens is 240 g/mol. The molecule has 2 heteroatoms. The Morgan fingerprint density at radius 3 is 2.43 bits per heavy atom. The van der Waals surface area contributed by atoms with E-state index in [-0.39, 0.29) is 6.10 Å². The number of hydrogen-bond donors (Lipinski definition) is 1. The lowest BCUT2D eigenvalue weighted by atomic mass is 10.0. The predicted octanol–water partition coefficient (Wildman–Crippen LogP) is 3.68. The number of halogens is 1. The number of rotatable bonds is 6. The molecule has 0 bridgehead atoms. The van der Waals surface area contributed by atoms with Crippen LogP contribution < -0.4 is 0 Å². The lowest BCUT2D eigenvalue weighted by Gasteiger charge is -2.09. The summed E-state index contributed by atoms with van der Waals surface area (Å²) in [4.78, 5) is 0. The van der Waals surface area contributed by atoms with Crippen LogP contribution in [0.15, 0.2) is 30.3 Å². The third-order valence-electron chi connectivity index (χ3n) is 2.30. The fourth-order valence-electron chi connectivity index (χ4n) is 1.45. The normalized spacial score (nSPS) is 12.7. The van der Waals surface area contributed by atoms with Gasteiger partial charge in [0.15, 0.2) is 0 Å². The second-order valence-corrected chi connectivity index (χ2v) is 4.26. The van der Waals surface area contributed by atoms with E-state index in [2.05, 4.69) is 15.9 Å². The fourth-order valence-corrected chi connectivity index (χ4v) is 1.85. The average Bonchev–Trinajstić information content (AvgIpc) is 2.25. The molecule has 0 fully saturated rings. The van der Waals surface area contributed by atoms with Crippen LogP contribution in [0.4, 0.5) is 0 Å². The SMILES string of the molecule is OC(CCCCCBr)c1ccccc1. The van der Waals surface area contributed by atoms with Crippen LogP contribution in [0.1, 0.15) is 37.4 Å². The molecule has 0 radical (unpaired) electrons. The molecule has 1 rings (SSSR count). The zero-order valence-corrected chi connectivity index (χ0v) is 9.91. The van der Waals surface area contributed by atoms with Gasteiger partial charge in [0, 0.05) is 5.33 Å². The highest BCUT2D eigenvalue weighted by molar-refractivity contribution is 9.09. The highest BCUT2D eigenvalue weighted by atomic mass is 79.9. The molecule has 1 N–H and O–H groups in total. The Balaban J connectivity index is 2.25. The molecule has 1 atom stereocenters. The zero-order chi connectivity index (χ0) is 10.2. The van der Waals surface area contributed by atoms with Crippen molar-refractivity contribution < 1.29 is 5.11 Å². The minimum absolute atomic E-state index is 0.286. The number of benzene rings is 1.